The van der Waals surface area contributed by atoms with Gasteiger partial charge in [-0.05, 0) is 52.0 Å². The molecular formula is C27H27NSi. The Hall–Kier alpha value is -2.97. The molecule has 0 bridgehead atoms. The van der Waals surface area contributed by atoms with Gasteiger partial charge in [-0.3, -0.25) is 4.98 Å². The van der Waals surface area contributed by atoms with E-state index in [-0.39, 0.29) is 0 Å². The molecule has 0 saturated carbocycles. The molecule has 3 aromatic carbocycles. The Labute approximate surface area is 179 Å². The average Bonchev–Trinajstić information content (AvgIpc) is 2.78. The summed E-state index contributed by atoms with van der Waals surface area (Å²) < 4.78 is 24.0. The molecule has 0 amide bonds. The lowest BCUT2D eigenvalue weighted by atomic mass is 9.96. The number of benzene rings is 3. The molecule has 1 nitrogen and oxygen atoms in total. The van der Waals surface area contributed by atoms with E-state index >= 15 is 0 Å². The van der Waals surface area contributed by atoms with Gasteiger partial charge in [-0.15, -0.1) is 0 Å². The van der Waals surface area contributed by atoms with Gasteiger partial charge in [0.25, 0.3) is 0 Å². The zero-order chi connectivity index (χ0) is 22.9. The zero-order valence-electron chi connectivity index (χ0n) is 20.1. The third-order valence-electron chi connectivity index (χ3n) is 5.20. The van der Waals surface area contributed by atoms with E-state index in [2.05, 4.69) is 50.0 Å². The summed E-state index contributed by atoms with van der Waals surface area (Å²) >= 11 is 0. The summed E-state index contributed by atoms with van der Waals surface area (Å²) in [4.78, 5) is 4.82. The van der Waals surface area contributed by atoms with Gasteiger partial charge in [0, 0.05) is 15.9 Å². The number of nitrogens with zero attached hydrogens (tertiary/aromatic N) is 1. The standard InChI is InChI=1S/C27H27NSi/c1-20-15-16-23(17-24(20)21-11-7-5-8-12-21)26-18-25(22-13-9-6-10-14-22)27(19-28-26)29(2,3)4/h5-19H,1-4H3/i1D3. The topological polar surface area (TPSA) is 12.9 Å². The van der Waals surface area contributed by atoms with Gasteiger partial charge < -0.3 is 0 Å². The molecule has 1 heterocycles. The highest BCUT2D eigenvalue weighted by Gasteiger charge is 2.22. The van der Waals surface area contributed by atoms with Crippen LogP contribution in [0.3, 0.4) is 0 Å². The van der Waals surface area contributed by atoms with Crippen LogP contribution in [-0.2, 0) is 0 Å². The molecule has 4 aromatic rings. The lowest BCUT2D eigenvalue weighted by Crippen LogP contribution is -2.39. The first-order valence-electron chi connectivity index (χ1n) is 11.4. The maximum Gasteiger partial charge on any atom is 0.0804 e. The van der Waals surface area contributed by atoms with E-state index in [0.717, 1.165) is 22.4 Å². The summed E-state index contributed by atoms with van der Waals surface area (Å²) in [7, 11) is -1.62. The fourth-order valence-corrected chi connectivity index (χ4v) is 5.10. The normalized spacial score (nSPS) is 13.4. The Morgan fingerprint density at radius 1 is 0.690 bits per heavy atom. The van der Waals surface area contributed by atoms with Gasteiger partial charge in [-0.25, -0.2) is 0 Å². The molecular weight excluding hydrogens is 366 g/mol. The van der Waals surface area contributed by atoms with Crippen molar-refractivity contribution in [3.8, 4) is 33.5 Å². The molecule has 0 atom stereocenters. The molecule has 0 radical (unpaired) electrons. The first kappa shape index (κ1) is 15.9. The van der Waals surface area contributed by atoms with Gasteiger partial charge >= 0.3 is 0 Å². The molecule has 0 fully saturated rings. The Morgan fingerprint density at radius 3 is 1.90 bits per heavy atom. The number of aromatic nitrogens is 1. The van der Waals surface area contributed by atoms with Crippen molar-refractivity contribution in [2.45, 2.75) is 26.5 Å². The molecule has 0 unspecified atom stereocenters. The van der Waals surface area contributed by atoms with Crippen LogP contribution in [0.4, 0.5) is 0 Å². The van der Waals surface area contributed by atoms with Crippen molar-refractivity contribution in [1.82, 2.24) is 4.98 Å². The highest BCUT2D eigenvalue weighted by atomic mass is 28.3. The minimum Gasteiger partial charge on any atom is -0.256 e. The highest BCUT2D eigenvalue weighted by molar-refractivity contribution is 6.89. The summed E-state index contributed by atoms with van der Waals surface area (Å²) in [6.45, 7) is 4.80. The van der Waals surface area contributed by atoms with E-state index in [1.165, 1.54) is 16.3 Å². The summed E-state index contributed by atoms with van der Waals surface area (Å²) in [6, 6.07) is 27.8. The number of aryl methyl sites for hydroxylation is 1. The predicted molar refractivity (Wildman–Crippen MR) is 128 cm³/mol. The Bertz CT molecular complexity index is 1130. The molecule has 0 aliphatic rings. The molecule has 1 aromatic heterocycles. The smallest absolute Gasteiger partial charge is 0.0804 e. The second-order valence-corrected chi connectivity index (χ2v) is 13.4. The molecule has 0 spiro atoms. The second-order valence-electron chi connectivity index (χ2n) is 8.36. The number of hydrogen-bond acceptors (Lipinski definition) is 1. The Balaban J connectivity index is 1.91. The van der Waals surface area contributed by atoms with E-state index in [4.69, 9.17) is 9.10 Å². The Kier molecular flexibility index (Phi) is 4.28. The second kappa shape index (κ2) is 7.80. The third kappa shape index (κ3) is 4.08. The zero-order valence-corrected chi connectivity index (χ0v) is 18.1. The summed E-state index contributed by atoms with van der Waals surface area (Å²) in [5.74, 6) is 0. The van der Waals surface area contributed by atoms with Crippen molar-refractivity contribution >= 4 is 13.3 Å². The number of pyridine rings is 1. The fourth-order valence-electron chi connectivity index (χ4n) is 3.63. The van der Waals surface area contributed by atoms with Gasteiger partial charge in [-0.2, -0.15) is 0 Å². The first-order valence-corrected chi connectivity index (χ1v) is 13.4. The van der Waals surface area contributed by atoms with Crippen LogP contribution in [0.1, 0.15) is 9.68 Å². The highest BCUT2D eigenvalue weighted by Crippen LogP contribution is 2.30. The van der Waals surface area contributed by atoms with Crippen molar-refractivity contribution < 1.29 is 4.11 Å². The van der Waals surface area contributed by atoms with Crippen LogP contribution in [0, 0.1) is 6.85 Å². The summed E-state index contributed by atoms with van der Waals surface area (Å²) in [5, 5.41) is 1.31. The largest absolute Gasteiger partial charge is 0.256 e. The monoisotopic (exact) mass is 396 g/mol. The minimum absolute atomic E-state index is 0.356. The molecule has 0 aliphatic heterocycles. The van der Waals surface area contributed by atoms with Crippen molar-refractivity contribution in [2.24, 2.45) is 0 Å². The van der Waals surface area contributed by atoms with Gasteiger partial charge in [-0.1, -0.05) is 92.4 Å². The van der Waals surface area contributed by atoms with Crippen LogP contribution in [0.5, 0.6) is 0 Å². The first-order chi connectivity index (χ1) is 15.1. The SMILES string of the molecule is [2H]C([2H])([2H])c1ccc(-c2cc(-c3ccccc3)c([Si](C)(C)C)cn2)cc1-c1ccccc1. The van der Waals surface area contributed by atoms with E-state index in [1.54, 1.807) is 6.07 Å². The average molecular weight is 397 g/mol. The van der Waals surface area contributed by atoms with E-state index < -0.39 is 14.9 Å². The van der Waals surface area contributed by atoms with Crippen LogP contribution < -0.4 is 5.19 Å². The molecule has 4 rings (SSSR count). The van der Waals surface area contributed by atoms with E-state index in [0.29, 0.717) is 5.56 Å². The van der Waals surface area contributed by atoms with Gasteiger partial charge in [0.2, 0.25) is 0 Å². The van der Waals surface area contributed by atoms with Crippen LogP contribution in [0.15, 0.2) is 91.1 Å². The van der Waals surface area contributed by atoms with Gasteiger partial charge in [0.1, 0.15) is 0 Å². The number of rotatable bonds is 4. The lowest BCUT2D eigenvalue weighted by Gasteiger charge is -2.22. The fraction of sp³-hybridized carbons (Fsp3) is 0.148. The molecule has 29 heavy (non-hydrogen) atoms. The van der Waals surface area contributed by atoms with Crippen LogP contribution in [0.2, 0.25) is 19.6 Å². The van der Waals surface area contributed by atoms with Crippen molar-refractivity contribution in [3.05, 3.63) is 96.7 Å². The minimum atomic E-state index is -2.19. The Morgan fingerprint density at radius 2 is 1.31 bits per heavy atom. The summed E-state index contributed by atoms with van der Waals surface area (Å²) in [6.07, 6.45) is 2.02. The van der Waals surface area contributed by atoms with E-state index in [1.807, 2.05) is 54.7 Å². The number of hydrogen-bond donors (Lipinski definition) is 0. The molecule has 0 aliphatic carbocycles. The van der Waals surface area contributed by atoms with Crippen LogP contribution in [-0.4, -0.2) is 13.1 Å². The van der Waals surface area contributed by atoms with E-state index in [9.17, 15) is 0 Å². The molecule has 144 valence electrons. The predicted octanol–water partition coefficient (Wildman–Crippen LogP) is 6.94. The molecule has 0 N–H and O–H groups in total. The quantitative estimate of drug-likeness (QED) is 0.341. The third-order valence-corrected chi connectivity index (χ3v) is 7.21. The van der Waals surface area contributed by atoms with Crippen LogP contribution in [0.25, 0.3) is 33.5 Å². The van der Waals surface area contributed by atoms with Crippen LogP contribution >= 0.6 is 0 Å². The summed E-state index contributed by atoms with van der Waals surface area (Å²) in [5.41, 5.74) is 6.11. The lowest BCUT2D eigenvalue weighted by molar-refractivity contribution is 1.33. The van der Waals surface area contributed by atoms with Crippen molar-refractivity contribution in [3.63, 3.8) is 0 Å². The van der Waals surface area contributed by atoms with Gasteiger partial charge in [0.15, 0.2) is 0 Å². The molecule has 2 heteroatoms. The maximum absolute atomic E-state index is 8.00. The van der Waals surface area contributed by atoms with Crippen molar-refractivity contribution in [1.29, 1.82) is 0 Å². The van der Waals surface area contributed by atoms with Crippen molar-refractivity contribution in [2.75, 3.05) is 0 Å². The molecule has 0 saturated heterocycles. The van der Waals surface area contributed by atoms with Gasteiger partial charge in [0.05, 0.1) is 13.8 Å². The maximum atomic E-state index is 8.00.